The van der Waals surface area contributed by atoms with Crippen LogP contribution < -0.4 is 10.2 Å². The highest BCUT2D eigenvalue weighted by atomic mass is 35.5. The third-order valence-electron chi connectivity index (χ3n) is 6.40. The van der Waals surface area contributed by atoms with Crippen LogP contribution in [0.15, 0.2) is 54.6 Å². The fourth-order valence-corrected chi connectivity index (χ4v) is 5.22. The Hall–Kier alpha value is -3.06. The molecule has 9 heteroatoms. The number of carbonyl (C=O) groups is 3. The molecule has 37 heavy (non-hydrogen) atoms. The van der Waals surface area contributed by atoms with Gasteiger partial charge in [0.1, 0.15) is 6.04 Å². The quantitative estimate of drug-likeness (QED) is 0.351. The van der Waals surface area contributed by atoms with Gasteiger partial charge in [0.05, 0.1) is 21.3 Å². The summed E-state index contributed by atoms with van der Waals surface area (Å²) in [6.45, 7) is 4.47. The standard InChI is InChI=1S/C28H25Cl3N2O4/c1-15(2)18-5-3-4-16(12-18)13-22(28(36)37)32-26(34)24-21(30)14-23-20(25(24)31)10-11-33(23)27(35)17-6-8-19(29)9-7-17/h3-9,12,14-15,22H,10-11,13H2,1-2H3,(H,32,34)(H,36,37)/t22-/m0/s1. The Bertz CT molecular complexity index is 1370. The third-order valence-corrected chi connectivity index (χ3v) is 7.36. The van der Waals surface area contributed by atoms with E-state index in [9.17, 15) is 19.5 Å². The van der Waals surface area contributed by atoms with Gasteiger partial charge < -0.3 is 15.3 Å². The van der Waals surface area contributed by atoms with Crippen LogP contribution in [0, 0.1) is 0 Å². The Morgan fingerprint density at radius 2 is 1.73 bits per heavy atom. The molecule has 2 amide bonds. The molecule has 1 atom stereocenters. The number of halogens is 3. The van der Waals surface area contributed by atoms with Crippen LogP contribution >= 0.6 is 34.8 Å². The van der Waals surface area contributed by atoms with Crippen molar-refractivity contribution in [2.24, 2.45) is 0 Å². The lowest BCUT2D eigenvalue weighted by Crippen LogP contribution is -2.42. The minimum atomic E-state index is -1.18. The largest absolute Gasteiger partial charge is 0.480 e. The van der Waals surface area contributed by atoms with Crippen LogP contribution in [-0.4, -0.2) is 35.5 Å². The molecule has 4 rings (SSSR count). The monoisotopic (exact) mass is 558 g/mol. The molecule has 0 fully saturated rings. The van der Waals surface area contributed by atoms with Gasteiger partial charge in [-0.05, 0) is 59.4 Å². The molecule has 0 aliphatic carbocycles. The van der Waals surface area contributed by atoms with E-state index in [1.54, 1.807) is 29.2 Å². The number of amides is 2. The van der Waals surface area contributed by atoms with Crippen molar-refractivity contribution in [2.75, 3.05) is 11.4 Å². The van der Waals surface area contributed by atoms with Crippen LogP contribution in [0.3, 0.4) is 0 Å². The second-order valence-corrected chi connectivity index (χ2v) is 10.4. The molecular weight excluding hydrogens is 535 g/mol. The summed E-state index contributed by atoms with van der Waals surface area (Å²) in [4.78, 5) is 39.8. The molecular formula is C28H25Cl3N2O4. The highest BCUT2D eigenvalue weighted by Crippen LogP contribution is 2.40. The predicted molar refractivity (Wildman–Crippen MR) is 146 cm³/mol. The summed E-state index contributed by atoms with van der Waals surface area (Å²) < 4.78 is 0. The first kappa shape index (κ1) is 27.0. The summed E-state index contributed by atoms with van der Waals surface area (Å²) in [5, 5.41) is 13.0. The first-order valence-electron chi connectivity index (χ1n) is 11.8. The average Bonchev–Trinajstić information content (AvgIpc) is 3.27. The fraction of sp³-hybridized carbons (Fsp3) is 0.250. The molecule has 6 nitrogen and oxygen atoms in total. The first-order valence-corrected chi connectivity index (χ1v) is 12.9. The summed E-state index contributed by atoms with van der Waals surface area (Å²) >= 11 is 19.0. The van der Waals surface area contributed by atoms with E-state index in [0.29, 0.717) is 34.8 Å². The van der Waals surface area contributed by atoms with Crippen LogP contribution in [0.1, 0.15) is 57.2 Å². The third kappa shape index (κ3) is 5.77. The number of anilines is 1. The van der Waals surface area contributed by atoms with Crippen LogP contribution in [0.2, 0.25) is 15.1 Å². The summed E-state index contributed by atoms with van der Waals surface area (Å²) in [5.41, 5.74) is 3.45. The second kappa shape index (κ2) is 11.1. The van der Waals surface area contributed by atoms with E-state index in [1.165, 1.54) is 6.07 Å². The topological polar surface area (TPSA) is 86.7 Å². The van der Waals surface area contributed by atoms with Gasteiger partial charge in [0.25, 0.3) is 11.8 Å². The number of carboxylic acids is 1. The number of aliphatic carboxylic acids is 1. The summed E-state index contributed by atoms with van der Waals surface area (Å²) in [5.74, 6) is -1.81. The van der Waals surface area contributed by atoms with Crippen LogP contribution in [0.4, 0.5) is 5.69 Å². The van der Waals surface area contributed by atoms with Gasteiger partial charge in [0.15, 0.2) is 0 Å². The highest BCUT2D eigenvalue weighted by Gasteiger charge is 2.32. The molecule has 0 bridgehead atoms. The van der Waals surface area contributed by atoms with E-state index in [-0.39, 0.29) is 33.9 Å². The molecule has 0 unspecified atom stereocenters. The number of hydrogen-bond acceptors (Lipinski definition) is 3. The first-order chi connectivity index (χ1) is 17.6. The second-order valence-electron chi connectivity index (χ2n) is 9.23. The maximum Gasteiger partial charge on any atom is 0.326 e. The fourth-order valence-electron chi connectivity index (χ4n) is 4.38. The van der Waals surface area contributed by atoms with Crippen LogP contribution in [0.25, 0.3) is 0 Å². The van der Waals surface area contributed by atoms with Crippen molar-refractivity contribution in [2.45, 2.75) is 38.6 Å². The Morgan fingerprint density at radius 1 is 1.03 bits per heavy atom. The van der Waals surface area contributed by atoms with E-state index in [0.717, 1.165) is 11.1 Å². The SMILES string of the molecule is CC(C)c1cccc(C[C@H](NC(=O)c2c(Cl)cc3c(c2Cl)CCN3C(=O)c2ccc(Cl)cc2)C(=O)O)c1. The van der Waals surface area contributed by atoms with Gasteiger partial charge in [-0.15, -0.1) is 0 Å². The average molecular weight is 560 g/mol. The van der Waals surface area contributed by atoms with Gasteiger partial charge in [-0.3, -0.25) is 9.59 Å². The van der Waals surface area contributed by atoms with Crippen molar-refractivity contribution in [1.29, 1.82) is 0 Å². The number of benzene rings is 3. The number of nitrogens with zero attached hydrogens (tertiary/aromatic N) is 1. The number of rotatable bonds is 7. The maximum atomic E-state index is 13.2. The molecule has 3 aromatic carbocycles. The lowest BCUT2D eigenvalue weighted by Gasteiger charge is -2.20. The molecule has 1 aliphatic rings. The molecule has 0 saturated heterocycles. The number of carboxylic acid groups (broad SMARTS) is 1. The Labute approximate surface area is 230 Å². The zero-order valence-electron chi connectivity index (χ0n) is 20.2. The predicted octanol–water partition coefficient (Wildman–Crippen LogP) is 6.40. The van der Waals surface area contributed by atoms with Crippen molar-refractivity contribution in [3.63, 3.8) is 0 Å². The number of fused-ring (bicyclic) bond motifs is 1. The summed E-state index contributed by atoms with van der Waals surface area (Å²) in [6.07, 6.45) is 0.528. The van der Waals surface area contributed by atoms with Gasteiger partial charge in [0.2, 0.25) is 0 Å². The number of carbonyl (C=O) groups excluding carboxylic acids is 2. The lowest BCUT2D eigenvalue weighted by atomic mass is 9.97. The summed E-state index contributed by atoms with van der Waals surface area (Å²) in [6, 6.07) is 14.5. The normalized spacial score (nSPS) is 13.4. The molecule has 1 aliphatic heterocycles. The molecule has 3 aromatic rings. The summed E-state index contributed by atoms with van der Waals surface area (Å²) in [7, 11) is 0. The maximum absolute atomic E-state index is 13.2. The Kier molecular flexibility index (Phi) is 8.12. The van der Waals surface area contributed by atoms with Gasteiger partial charge in [0, 0.05) is 23.6 Å². The number of hydrogen-bond donors (Lipinski definition) is 2. The minimum Gasteiger partial charge on any atom is -0.480 e. The van der Waals surface area contributed by atoms with E-state index in [1.807, 2.05) is 24.3 Å². The lowest BCUT2D eigenvalue weighted by molar-refractivity contribution is -0.139. The zero-order valence-corrected chi connectivity index (χ0v) is 22.5. The van der Waals surface area contributed by atoms with Crippen LogP contribution in [-0.2, 0) is 17.6 Å². The molecule has 0 aromatic heterocycles. The smallest absolute Gasteiger partial charge is 0.326 e. The number of nitrogens with one attached hydrogen (secondary N) is 1. The highest BCUT2D eigenvalue weighted by molar-refractivity contribution is 6.41. The molecule has 2 N–H and O–H groups in total. The molecule has 0 radical (unpaired) electrons. The van der Waals surface area contributed by atoms with E-state index in [2.05, 4.69) is 19.2 Å². The zero-order chi connectivity index (χ0) is 26.9. The van der Waals surface area contributed by atoms with Crippen molar-refractivity contribution in [3.8, 4) is 0 Å². The van der Waals surface area contributed by atoms with Crippen molar-refractivity contribution >= 4 is 58.3 Å². The van der Waals surface area contributed by atoms with Gasteiger partial charge in [-0.25, -0.2) is 4.79 Å². The molecule has 0 spiro atoms. The van der Waals surface area contributed by atoms with Gasteiger partial charge >= 0.3 is 5.97 Å². The minimum absolute atomic E-state index is 0.00921. The van der Waals surface area contributed by atoms with Crippen molar-refractivity contribution in [1.82, 2.24) is 5.32 Å². The van der Waals surface area contributed by atoms with Crippen LogP contribution in [0.5, 0.6) is 0 Å². The Balaban J connectivity index is 1.58. The van der Waals surface area contributed by atoms with Gasteiger partial charge in [-0.2, -0.15) is 0 Å². The van der Waals surface area contributed by atoms with Crippen molar-refractivity contribution in [3.05, 3.63) is 97.5 Å². The van der Waals surface area contributed by atoms with E-state index < -0.39 is 17.9 Å². The Morgan fingerprint density at radius 3 is 2.38 bits per heavy atom. The molecule has 0 saturated carbocycles. The van der Waals surface area contributed by atoms with Gasteiger partial charge in [-0.1, -0.05) is 72.9 Å². The van der Waals surface area contributed by atoms with E-state index >= 15 is 0 Å². The van der Waals surface area contributed by atoms with Crippen molar-refractivity contribution < 1.29 is 19.5 Å². The molecule has 1 heterocycles. The van der Waals surface area contributed by atoms with E-state index in [4.69, 9.17) is 34.8 Å². The molecule has 192 valence electrons.